The maximum atomic E-state index is 12.1. The van der Waals surface area contributed by atoms with E-state index in [9.17, 15) is 4.79 Å². The summed E-state index contributed by atoms with van der Waals surface area (Å²) in [5, 5.41) is 7.22. The molecule has 1 aromatic carbocycles. The second-order valence-corrected chi connectivity index (χ2v) is 5.66. The maximum absolute atomic E-state index is 12.1. The number of nitrogens with one attached hydrogen (secondary N) is 1. The molecule has 0 fully saturated rings. The van der Waals surface area contributed by atoms with E-state index < -0.39 is 0 Å². The van der Waals surface area contributed by atoms with Crippen LogP contribution in [0.2, 0.25) is 0 Å². The molecule has 0 aliphatic heterocycles. The number of thiophene rings is 1. The fraction of sp³-hybridized carbons (Fsp3) is 0.0714. The number of rotatable bonds is 1. The molecular formula is C14H10N4OS. The Balaban J connectivity index is 2.14. The summed E-state index contributed by atoms with van der Waals surface area (Å²) >= 11 is 1.64. The number of nitrogens with zero attached hydrogens (tertiary/aromatic N) is 3. The number of fused-ring (bicyclic) bond motifs is 3. The first-order valence-electron chi connectivity index (χ1n) is 6.16. The van der Waals surface area contributed by atoms with E-state index in [2.05, 4.69) is 15.1 Å². The normalized spacial score (nSPS) is 11.4. The molecular weight excluding hydrogens is 272 g/mol. The standard InChI is InChI=1S/C14H10N4OS/c1-8-9(6-7-20-8)12-16-13-10-4-2-3-5-11(10)15-14(19)18(13)17-12/h2-7H,1H3,(H,15,19). The first-order chi connectivity index (χ1) is 9.74. The first-order valence-corrected chi connectivity index (χ1v) is 7.04. The summed E-state index contributed by atoms with van der Waals surface area (Å²) in [5.41, 5.74) is 2.06. The number of benzene rings is 1. The summed E-state index contributed by atoms with van der Waals surface area (Å²) in [7, 11) is 0. The van der Waals surface area contributed by atoms with Crippen molar-refractivity contribution in [3.8, 4) is 11.4 Å². The van der Waals surface area contributed by atoms with Gasteiger partial charge in [0.2, 0.25) is 0 Å². The Hall–Kier alpha value is -2.47. The summed E-state index contributed by atoms with van der Waals surface area (Å²) in [6.45, 7) is 2.02. The smallest absolute Gasteiger partial charge is 0.305 e. The molecule has 3 heterocycles. The van der Waals surface area contributed by atoms with Gasteiger partial charge in [-0.25, -0.2) is 9.78 Å². The van der Waals surface area contributed by atoms with Crippen LogP contribution < -0.4 is 5.69 Å². The number of aromatic amines is 1. The van der Waals surface area contributed by atoms with Crippen molar-refractivity contribution in [1.29, 1.82) is 0 Å². The van der Waals surface area contributed by atoms with Gasteiger partial charge in [0.25, 0.3) is 0 Å². The third-order valence-corrected chi connectivity index (χ3v) is 4.15. The van der Waals surface area contributed by atoms with E-state index in [1.54, 1.807) is 11.3 Å². The van der Waals surface area contributed by atoms with Crippen LogP contribution in [-0.4, -0.2) is 19.6 Å². The molecule has 0 radical (unpaired) electrons. The molecule has 0 aliphatic carbocycles. The highest BCUT2D eigenvalue weighted by Crippen LogP contribution is 2.26. The van der Waals surface area contributed by atoms with Crippen molar-refractivity contribution in [1.82, 2.24) is 19.6 Å². The Kier molecular flexibility index (Phi) is 2.28. The van der Waals surface area contributed by atoms with Crippen molar-refractivity contribution in [2.24, 2.45) is 0 Å². The van der Waals surface area contributed by atoms with Crippen molar-refractivity contribution in [3.05, 3.63) is 51.1 Å². The van der Waals surface area contributed by atoms with Crippen LogP contribution in [0.5, 0.6) is 0 Å². The van der Waals surface area contributed by atoms with Crippen LogP contribution >= 0.6 is 11.3 Å². The van der Waals surface area contributed by atoms with Crippen LogP contribution in [0, 0.1) is 6.92 Å². The highest BCUT2D eigenvalue weighted by Gasteiger charge is 2.13. The van der Waals surface area contributed by atoms with Gasteiger partial charge in [-0.2, -0.15) is 4.52 Å². The number of para-hydroxylation sites is 1. The fourth-order valence-corrected chi connectivity index (χ4v) is 3.01. The van der Waals surface area contributed by atoms with Crippen LogP contribution in [0.25, 0.3) is 27.9 Å². The minimum absolute atomic E-state index is 0.273. The lowest BCUT2D eigenvalue weighted by Crippen LogP contribution is -2.17. The summed E-state index contributed by atoms with van der Waals surface area (Å²) in [5.74, 6) is 0.589. The van der Waals surface area contributed by atoms with E-state index in [1.807, 2.05) is 42.6 Å². The number of aryl methyl sites for hydroxylation is 1. The molecule has 0 saturated heterocycles. The van der Waals surface area contributed by atoms with E-state index in [1.165, 1.54) is 4.52 Å². The summed E-state index contributed by atoms with van der Waals surface area (Å²) in [6, 6.07) is 9.57. The van der Waals surface area contributed by atoms with Gasteiger partial charge in [-0.1, -0.05) is 12.1 Å². The molecule has 4 aromatic rings. The van der Waals surface area contributed by atoms with Crippen LogP contribution in [0.4, 0.5) is 0 Å². The average Bonchev–Trinajstić information content (AvgIpc) is 3.05. The Labute approximate surface area is 117 Å². The van der Waals surface area contributed by atoms with Gasteiger partial charge in [0.1, 0.15) is 0 Å². The highest BCUT2D eigenvalue weighted by molar-refractivity contribution is 7.10. The van der Waals surface area contributed by atoms with Gasteiger partial charge in [-0.05, 0) is 30.5 Å². The van der Waals surface area contributed by atoms with E-state index in [0.29, 0.717) is 11.5 Å². The van der Waals surface area contributed by atoms with Crippen LogP contribution in [0.3, 0.4) is 0 Å². The van der Waals surface area contributed by atoms with Crippen LogP contribution in [0.1, 0.15) is 4.88 Å². The zero-order valence-electron chi connectivity index (χ0n) is 10.6. The van der Waals surface area contributed by atoms with Crippen molar-refractivity contribution in [3.63, 3.8) is 0 Å². The van der Waals surface area contributed by atoms with Crippen molar-refractivity contribution in [2.45, 2.75) is 6.92 Å². The van der Waals surface area contributed by atoms with E-state index in [-0.39, 0.29) is 5.69 Å². The second kappa shape index (κ2) is 4.01. The lowest BCUT2D eigenvalue weighted by molar-refractivity contribution is 0.885. The number of hydrogen-bond donors (Lipinski definition) is 1. The van der Waals surface area contributed by atoms with Gasteiger partial charge in [0, 0.05) is 15.8 Å². The van der Waals surface area contributed by atoms with Crippen molar-refractivity contribution in [2.75, 3.05) is 0 Å². The van der Waals surface area contributed by atoms with E-state index in [0.717, 1.165) is 21.3 Å². The van der Waals surface area contributed by atoms with E-state index >= 15 is 0 Å². The molecule has 98 valence electrons. The Morgan fingerprint density at radius 1 is 1.25 bits per heavy atom. The van der Waals surface area contributed by atoms with Crippen molar-refractivity contribution >= 4 is 27.9 Å². The first kappa shape index (κ1) is 11.4. The monoisotopic (exact) mass is 282 g/mol. The Morgan fingerprint density at radius 2 is 2.10 bits per heavy atom. The van der Waals surface area contributed by atoms with Crippen molar-refractivity contribution < 1.29 is 0 Å². The maximum Gasteiger partial charge on any atom is 0.348 e. The highest BCUT2D eigenvalue weighted by atomic mass is 32.1. The van der Waals surface area contributed by atoms with Gasteiger partial charge < -0.3 is 4.98 Å². The van der Waals surface area contributed by atoms with Gasteiger partial charge in [0.05, 0.1) is 5.52 Å². The largest absolute Gasteiger partial charge is 0.348 e. The summed E-state index contributed by atoms with van der Waals surface area (Å²) in [4.78, 5) is 20.6. The third-order valence-electron chi connectivity index (χ3n) is 3.31. The molecule has 0 bridgehead atoms. The lowest BCUT2D eigenvalue weighted by atomic mass is 10.2. The quantitative estimate of drug-likeness (QED) is 0.583. The molecule has 0 saturated carbocycles. The molecule has 0 aliphatic rings. The molecule has 4 rings (SSSR count). The minimum Gasteiger partial charge on any atom is -0.305 e. The number of hydrogen-bond acceptors (Lipinski definition) is 4. The van der Waals surface area contributed by atoms with Gasteiger partial charge in [-0.15, -0.1) is 16.4 Å². The molecule has 20 heavy (non-hydrogen) atoms. The average molecular weight is 282 g/mol. The minimum atomic E-state index is -0.273. The zero-order chi connectivity index (χ0) is 13.7. The van der Waals surface area contributed by atoms with Gasteiger partial charge in [-0.3, -0.25) is 0 Å². The third kappa shape index (κ3) is 1.51. The molecule has 0 amide bonds. The van der Waals surface area contributed by atoms with Crippen LogP contribution in [0.15, 0.2) is 40.5 Å². The Bertz CT molecular complexity index is 995. The predicted octanol–water partition coefficient (Wildman–Crippen LogP) is 2.61. The molecule has 0 unspecified atom stereocenters. The van der Waals surface area contributed by atoms with E-state index in [4.69, 9.17) is 0 Å². The zero-order valence-corrected chi connectivity index (χ0v) is 11.4. The molecule has 6 heteroatoms. The molecule has 0 atom stereocenters. The predicted molar refractivity (Wildman–Crippen MR) is 79.2 cm³/mol. The lowest BCUT2D eigenvalue weighted by Gasteiger charge is -1.97. The molecule has 0 spiro atoms. The number of H-pyrrole nitrogens is 1. The van der Waals surface area contributed by atoms with Gasteiger partial charge in [0.15, 0.2) is 11.5 Å². The van der Waals surface area contributed by atoms with Crippen LogP contribution in [-0.2, 0) is 0 Å². The van der Waals surface area contributed by atoms with Gasteiger partial charge >= 0.3 is 5.69 Å². The molecule has 3 aromatic heterocycles. The Morgan fingerprint density at radius 3 is 2.90 bits per heavy atom. The molecule has 1 N–H and O–H groups in total. The second-order valence-electron chi connectivity index (χ2n) is 4.54. The summed E-state index contributed by atoms with van der Waals surface area (Å²) in [6.07, 6.45) is 0. The fourth-order valence-electron chi connectivity index (χ4n) is 2.31. The topological polar surface area (TPSA) is 63.0 Å². The number of aromatic nitrogens is 4. The molecule has 5 nitrogen and oxygen atoms in total. The summed E-state index contributed by atoms with van der Waals surface area (Å²) < 4.78 is 1.33. The SMILES string of the molecule is Cc1sccc1-c1nc2c3ccccc3[nH]c(=O)n2n1.